The molecule has 3 nitrogen and oxygen atoms in total. The summed E-state index contributed by atoms with van der Waals surface area (Å²) >= 11 is 0. The van der Waals surface area contributed by atoms with Crippen LogP contribution in [0.3, 0.4) is 0 Å². The molecule has 1 rings (SSSR count). The molecular weight excluding hydrogens is 271 g/mol. The summed E-state index contributed by atoms with van der Waals surface area (Å²) in [6.45, 7) is 3.19. The highest BCUT2D eigenvalue weighted by molar-refractivity contribution is 5.98. The smallest absolute Gasteiger partial charge is 0.416 e. The van der Waals surface area contributed by atoms with Crippen LogP contribution in [0.15, 0.2) is 42.5 Å². The number of hydrogen-bond acceptors (Lipinski definition) is 3. The predicted molar refractivity (Wildman–Crippen MR) is 66.2 cm³/mol. The number of rotatable bonds is 4. The maximum absolute atomic E-state index is 12.8. The highest BCUT2D eigenvalue weighted by Gasteiger charge is 2.32. The summed E-state index contributed by atoms with van der Waals surface area (Å²) in [4.78, 5) is 11.5. The zero-order valence-electron chi connectivity index (χ0n) is 10.3. The lowest BCUT2D eigenvalue weighted by Gasteiger charge is -2.10. The van der Waals surface area contributed by atoms with E-state index in [0.29, 0.717) is 0 Å². The Morgan fingerprint density at radius 1 is 1.40 bits per heavy atom. The molecule has 1 aromatic rings. The zero-order chi connectivity index (χ0) is 15.2. The van der Waals surface area contributed by atoms with Crippen molar-refractivity contribution in [2.24, 2.45) is 0 Å². The third kappa shape index (κ3) is 3.99. The molecule has 104 valence electrons. The first-order valence-corrected chi connectivity index (χ1v) is 5.46. The van der Waals surface area contributed by atoms with Gasteiger partial charge in [0, 0.05) is 0 Å². The molecule has 1 aromatic carbocycles. The van der Waals surface area contributed by atoms with Crippen LogP contribution < -0.4 is 0 Å². The van der Waals surface area contributed by atoms with Gasteiger partial charge in [0.25, 0.3) is 0 Å². The highest BCUT2D eigenvalue weighted by atomic mass is 19.4. The van der Waals surface area contributed by atoms with Crippen molar-refractivity contribution >= 4 is 12.0 Å². The van der Waals surface area contributed by atoms with Crippen LogP contribution in [0.2, 0.25) is 0 Å². The number of benzene rings is 1. The number of halogens is 3. The van der Waals surface area contributed by atoms with Gasteiger partial charge in [-0.2, -0.15) is 18.4 Å². The van der Waals surface area contributed by atoms with Crippen molar-refractivity contribution in [1.82, 2.24) is 0 Å². The summed E-state index contributed by atoms with van der Waals surface area (Å²) in [7, 11) is 0. The quantitative estimate of drug-likeness (QED) is 0.368. The van der Waals surface area contributed by atoms with Crippen molar-refractivity contribution in [3.8, 4) is 6.07 Å². The first kappa shape index (κ1) is 15.5. The van der Waals surface area contributed by atoms with Crippen LogP contribution in [0.25, 0.3) is 6.08 Å². The summed E-state index contributed by atoms with van der Waals surface area (Å²) in [5.74, 6) is -0.996. The van der Waals surface area contributed by atoms with Crippen LogP contribution in [-0.2, 0) is 15.7 Å². The van der Waals surface area contributed by atoms with Crippen molar-refractivity contribution in [3.63, 3.8) is 0 Å². The fourth-order valence-corrected chi connectivity index (χ4v) is 1.39. The summed E-state index contributed by atoms with van der Waals surface area (Å²) < 4.78 is 42.9. The van der Waals surface area contributed by atoms with Gasteiger partial charge in [-0.15, -0.1) is 0 Å². The van der Waals surface area contributed by atoms with E-state index in [4.69, 9.17) is 5.26 Å². The Balaban J connectivity index is 3.18. The first-order chi connectivity index (χ1) is 9.40. The number of esters is 1. The molecule has 0 unspecified atom stereocenters. The molecule has 0 aliphatic carbocycles. The van der Waals surface area contributed by atoms with Gasteiger partial charge in [0.1, 0.15) is 18.2 Å². The van der Waals surface area contributed by atoms with Crippen molar-refractivity contribution in [2.45, 2.75) is 6.18 Å². The van der Waals surface area contributed by atoms with E-state index in [-0.39, 0.29) is 12.2 Å². The average Bonchev–Trinajstić information content (AvgIpc) is 2.41. The summed E-state index contributed by atoms with van der Waals surface area (Å²) in [5.41, 5.74) is -1.71. The van der Waals surface area contributed by atoms with Crippen LogP contribution >= 0.6 is 0 Å². The summed E-state index contributed by atoms with van der Waals surface area (Å²) in [6.07, 6.45) is -2.43. The fourth-order valence-electron chi connectivity index (χ4n) is 1.39. The monoisotopic (exact) mass is 281 g/mol. The molecule has 0 fully saturated rings. The standard InChI is InChI=1S/C14H10F3NO2/c1-2-7-20-13(19)11(9-18)8-10-5-3-4-6-12(10)14(15,16)17/h2-6,8H,1,7H2/b11-8+. The largest absolute Gasteiger partial charge is 0.457 e. The molecule has 0 saturated heterocycles. The number of hydrogen-bond donors (Lipinski definition) is 0. The predicted octanol–water partition coefficient (Wildman–Crippen LogP) is 3.34. The number of ether oxygens (including phenoxy) is 1. The van der Waals surface area contributed by atoms with Crippen LogP contribution in [0.5, 0.6) is 0 Å². The molecule has 20 heavy (non-hydrogen) atoms. The molecule has 0 heterocycles. The van der Waals surface area contributed by atoms with Crippen molar-refractivity contribution < 1.29 is 22.7 Å². The Morgan fingerprint density at radius 3 is 2.60 bits per heavy atom. The van der Waals surface area contributed by atoms with E-state index in [1.807, 2.05) is 0 Å². The number of carbonyl (C=O) groups is 1. The summed E-state index contributed by atoms with van der Waals surface area (Å²) in [5, 5.41) is 8.82. The van der Waals surface area contributed by atoms with Crippen LogP contribution in [0.1, 0.15) is 11.1 Å². The highest BCUT2D eigenvalue weighted by Crippen LogP contribution is 2.32. The molecule has 0 saturated carbocycles. The molecular formula is C14H10F3NO2. The minimum absolute atomic E-state index is 0.126. The lowest BCUT2D eigenvalue weighted by atomic mass is 10.0. The van der Waals surface area contributed by atoms with Gasteiger partial charge in [0.15, 0.2) is 0 Å². The van der Waals surface area contributed by atoms with Gasteiger partial charge in [0.2, 0.25) is 0 Å². The maximum atomic E-state index is 12.8. The third-order valence-corrected chi connectivity index (χ3v) is 2.24. The number of nitrogens with zero attached hydrogens (tertiary/aromatic N) is 1. The van der Waals surface area contributed by atoms with Crippen LogP contribution in [0, 0.1) is 11.3 Å². The van der Waals surface area contributed by atoms with Gasteiger partial charge in [0.05, 0.1) is 5.56 Å². The molecule has 0 atom stereocenters. The Hall–Kier alpha value is -2.55. The molecule has 0 radical (unpaired) electrons. The fraction of sp³-hybridized carbons (Fsp3) is 0.143. The Morgan fingerprint density at radius 2 is 2.05 bits per heavy atom. The maximum Gasteiger partial charge on any atom is 0.416 e. The molecule has 0 aromatic heterocycles. The second-order valence-corrected chi connectivity index (χ2v) is 3.64. The Kier molecular flexibility index (Phi) is 5.09. The Bertz CT molecular complexity index is 583. The molecule has 0 N–H and O–H groups in total. The van der Waals surface area contributed by atoms with E-state index >= 15 is 0 Å². The van der Waals surface area contributed by atoms with Crippen LogP contribution in [0.4, 0.5) is 13.2 Å². The van der Waals surface area contributed by atoms with E-state index in [1.54, 1.807) is 0 Å². The van der Waals surface area contributed by atoms with Gasteiger partial charge in [-0.05, 0) is 17.7 Å². The van der Waals surface area contributed by atoms with Crippen molar-refractivity contribution in [1.29, 1.82) is 5.26 Å². The van der Waals surface area contributed by atoms with E-state index < -0.39 is 23.3 Å². The molecule has 0 amide bonds. The molecule has 0 aliphatic rings. The van der Waals surface area contributed by atoms with Gasteiger partial charge >= 0.3 is 12.1 Å². The lowest BCUT2D eigenvalue weighted by molar-refractivity contribution is -0.138. The van der Waals surface area contributed by atoms with Gasteiger partial charge in [-0.3, -0.25) is 0 Å². The van der Waals surface area contributed by atoms with Crippen molar-refractivity contribution in [2.75, 3.05) is 6.61 Å². The molecule has 0 aliphatic heterocycles. The van der Waals surface area contributed by atoms with Gasteiger partial charge in [-0.1, -0.05) is 30.9 Å². The van der Waals surface area contributed by atoms with E-state index in [0.717, 1.165) is 12.1 Å². The average molecular weight is 281 g/mol. The van der Waals surface area contributed by atoms with Crippen LogP contribution in [-0.4, -0.2) is 12.6 Å². The minimum atomic E-state index is -4.57. The minimum Gasteiger partial charge on any atom is -0.457 e. The van der Waals surface area contributed by atoms with Crippen molar-refractivity contribution in [3.05, 3.63) is 53.6 Å². The second-order valence-electron chi connectivity index (χ2n) is 3.64. The van der Waals surface area contributed by atoms with Gasteiger partial charge < -0.3 is 4.74 Å². The topological polar surface area (TPSA) is 50.1 Å². The molecule has 0 bridgehead atoms. The number of nitriles is 1. The number of carbonyl (C=O) groups excluding carboxylic acids is 1. The Labute approximate surface area is 113 Å². The third-order valence-electron chi connectivity index (χ3n) is 2.24. The lowest BCUT2D eigenvalue weighted by Crippen LogP contribution is -2.09. The van der Waals surface area contributed by atoms with E-state index in [1.165, 1.54) is 30.3 Å². The molecule has 6 heteroatoms. The first-order valence-electron chi connectivity index (χ1n) is 5.46. The second kappa shape index (κ2) is 6.57. The SMILES string of the molecule is C=CCOC(=O)/C(C#N)=C/c1ccccc1C(F)(F)F. The van der Waals surface area contributed by atoms with E-state index in [2.05, 4.69) is 11.3 Å². The van der Waals surface area contributed by atoms with E-state index in [9.17, 15) is 18.0 Å². The normalized spacial score (nSPS) is 11.6. The van der Waals surface area contributed by atoms with Gasteiger partial charge in [-0.25, -0.2) is 4.79 Å². The number of alkyl halides is 3. The summed E-state index contributed by atoms with van der Waals surface area (Å²) in [6, 6.07) is 6.17. The molecule has 0 spiro atoms. The zero-order valence-corrected chi connectivity index (χ0v) is 10.3.